The number of para-hydroxylation sites is 1. The summed E-state index contributed by atoms with van der Waals surface area (Å²) < 4.78 is 0. The molecular formula is C42H26N4. The fourth-order valence-electron chi connectivity index (χ4n) is 6.49. The zero-order valence-electron chi connectivity index (χ0n) is 24.8. The van der Waals surface area contributed by atoms with Crippen LogP contribution < -0.4 is 0 Å². The van der Waals surface area contributed by atoms with Crippen molar-refractivity contribution in [3.63, 3.8) is 0 Å². The van der Waals surface area contributed by atoms with Crippen molar-refractivity contribution in [1.82, 2.24) is 19.9 Å². The predicted molar refractivity (Wildman–Crippen MR) is 189 cm³/mol. The Labute approximate surface area is 265 Å². The molecule has 0 saturated heterocycles. The maximum atomic E-state index is 5.19. The molecule has 0 N–H and O–H groups in total. The van der Waals surface area contributed by atoms with Crippen molar-refractivity contribution >= 4 is 43.5 Å². The first kappa shape index (κ1) is 26.2. The van der Waals surface area contributed by atoms with Gasteiger partial charge in [0.05, 0.1) is 33.6 Å². The van der Waals surface area contributed by atoms with E-state index in [0.717, 1.165) is 88.4 Å². The number of fused-ring (bicyclic) bond motifs is 7. The van der Waals surface area contributed by atoms with E-state index in [2.05, 4.69) is 126 Å². The topological polar surface area (TPSA) is 51.6 Å². The van der Waals surface area contributed by atoms with E-state index in [4.69, 9.17) is 15.0 Å². The summed E-state index contributed by atoms with van der Waals surface area (Å²) in [7, 11) is 0. The van der Waals surface area contributed by atoms with E-state index in [1.54, 1.807) is 0 Å². The summed E-state index contributed by atoms with van der Waals surface area (Å²) >= 11 is 0. The number of nitrogens with zero attached hydrogens (tertiary/aromatic N) is 4. The molecule has 0 aliphatic carbocycles. The Bertz CT molecular complexity index is 2500. The Morgan fingerprint density at radius 1 is 0.391 bits per heavy atom. The van der Waals surface area contributed by atoms with Crippen LogP contribution in [-0.2, 0) is 0 Å². The highest BCUT2D eigenvalue weighted by atomic mass is 14.8. The van der Waals surface area contributed by atoms with E-state index in [0.29, 0.717) is 0 Å². The zero-order valence-corrected chi connectivity index (χ0v) is 24.8. The summed E-state index contributed by atoms with van der Waals surface area (Å²) in [5.41, 5.74) is 11.0. The molecule has 0 saturated carbocycles. The van der Waals surface area contributed by atoms with Crippen LogP contribution in [-0.4, -0.2) is 19.9 Å². The normalized spacial score (nSPS) is 11.5. The van der Waals surface area contributed by atoms with Gasteiger partial charge in [-0.15, -0.1) is 0 Å². The number of hydrogen-bond donors (Lipinski definition) is 0. The summed E-state index contributed by atoms with van der Waals surface area (Å²) in [5.74, 6) is 0. The summed E-state index contributed by atoms with van der Waals surface area (Å²) in [6.07, 6.45) is 3.80. The predicted octanol–water partition coefficient (Wildman–Crippen LogP) is 10.5. The average molecular weight is 587 g/mol. The van der Waals surface area contributed by atoms with E-state index in [9.17, 15) is 0 Å². The molecule has 4 nitrogen and oxygen atoms in total. The maximum absolute atomic E-state index is 5.19. The van der Waals surface area contributed by atoms with Crippen LogP contribution >= 0.6 is 0 Å². The van der Waals surface area contributed by atoms with Gasteiger partial charge in [0, 0.05) is 56.0 Å². The summed E-state index contributed by atoms with van der Waals surface area (Å²) in [6, 6.07) is 50.5. The minimum Gasteiger partial charge on any atom is -0.254 e. The number of rotatable bonds is 4. The molecule has 0 atom stereocenters. The molecule has 5 aromatic carbocycles. The van der Waals surface area contributed by atoms with E-state index < -0.39 is 0 Å². The Balaban J connectivity index is 1.21. The fraction of sp³-hybridized carbons (Fsp3) is 0. The number of hydrogen-bond acceptors (Lipinski definition) is 4. The average Bonchev–Trinajstić information content (AvgIpc) is 3.14. The zero-order chi connectivity index (χ0) is 30.5. The third-order valence-corrected chi connectivity index (χ3v) is 8.73. The van der Waals surface area contributed by atoms with E-state index in [1.165, 1.54) is 0 Å². The lowest BCUT2D eigenvalue weighted by molar-refractivity contribution is 1.32. The van der Waals surface area contributed by atoms with E-state index >= 15 is 0 Å². The van der Waals surface area contributed by atoms with Crippen molar-refractivity contribution in [2.24, 2.45) is 0 Å². The summed E-state index contributed by atoms with van der Waals surface area (Å²) in [6.45, 7) is 0. The second-order valence-electron chi connectivity index (χ2n) is 11.5. The van der Waals surface area contributed by atoms with Gasteiger partial charge >= 0.3 is 0 Å². The molecule has 4 aromatic heterocycles. The van der Waals surface area contributed by atoms with Crippen LogP contribution in [0.25, 0.3) is 88.4 Å². The second kappa shape index (κ2) is 10.7. The first-order valence-electron chi connectivity index (χ1n) is 15.4. The van der Waals surface area contributed by atoms with Gasteiger partial charge in [-0.2, -0.15) is 0 Å². The van der Waals surface area contributed by atoms with Gasteiger partial charge in [-0.25, -0.2) is 9.97 Å². The monoisotopic (exact) mass is 586 g/mol. The molecule has 0 fully saturated rings. The third-order valence-electron chi connectivity index (χ3n) is 8.73. The Morgan fingerprint density at radius 2 is 1.07 bits per heavy atom. The van der Waals surface area contributed by atoms with Crippen LogP contribution in [0.2, 0.25) is 0 Å². The number of aromatic nitrogens is 4. The smallest absolute Gasteiger partial charge is 0.0971 e. The first-order valence-corrected chi connectivity index (χ1v) is 15.4. The molecule has 0 aliphatic heterocycles. The Morgan fingerprint density at radius 3 is 1.80 bits per heavy atom. The van der Waals surface area contributed by atoms with Crippen LogP contribution in [0.15, 0.2) is 158 Å². The molecule has 0 spiro atoms. The van der Waals surface area contributed by atoms with Crippen LogP contribution in [0.1, 0.15) is 0 Å². The maximum Gasteiger partial charge on any atom is 0.0971 e. The van der Waals surface area contributed by atoms with Gasteiger partial charge in [-0.1, -0.05) is 121 Å². The molecular weight excluding hydrogens is 560 g/mol. The second-order valence-corrected chi connectivity index (χ2v) is 11.5. The first-order chi connectivity index (χ1) is 22.8. The van der Waals surface area contributed by atoms with Gasteiger partial charge in [0.1, 0.15) is 0 Å². The standard InChI is InChI=1S/C42H26N4/c1-3-10-28(11-4-1)37-24-32(25-38(45-37)29-12-5-2-6-13-29)27-17-19-31(20-18-27)40-35-26-44-42-34(22-21-30-14-9-23-43-41(30)42)39(35)33-15-7-8-16-36(33)46-40/h1-26H. The van der Waals surface area contributed by atoms with Crippen LogP contribution in [0, 0.1) is 0 Å². The highest BCUT2D eigenvalue weighted by Gasteiger charge is 2.16. The van der Waals surface area contributed by atoms with E-state index in [1.807, 2.05) is 36.7 Å². The van der Waals surface area contributed by atoms with Gasteiger partial charge in [0.25, 0.3) is 0 Å². The molecule has 0 unspecified atom stereocenters. The largest absolute Gasteiger partial charge is 0.254 e. The van der Waals surface area contributed by atoms with Gasteiger partial charge in [0.2, 0.25) is 0 Å². The van der Waals surface area contributed by atoms with E-state index in [-0.39, 0.29) is 0 Å². The summed E-state index contributed by atoms with van der Waals surface area (Å²) in [4.78, 5) is 19.9. The molecule has 214 valence electrons. The highest BCUT2D eigenvalue weighted by Crippen LogP contribution is 2.38. The molecule has 4 heterocycles. The minimum atomic E-state index is 0.907. The molecule has 4 heteroatoms. The molecule has 0 aliphatic rings. The van der Waals surface area contributed by atoms with Crippen LogP contribution in [0.3, 0.4) is 0 Å². The Hall–Kier alpha value is -6.26. The van der Waals surface area contributed by atoms with Gasteiger partial charge < -0.3 is 0 Å². The van der Waals surface area contributed by atoms with Crippen molar-refractivity contribution in [1.29, 1.82) is 0 Å². The van der Waals surface area contributed by atoms with Gasteiger partial charge in [0.15, 0.2) is 0 Å². The van der Waals surface area contributed by atoms with Gasteiger partial charge in [-0.3, -0.25) is 9.97 Å². The van der Waals surface area contributed by atoms with Crippen molar-refractivity contribution < 1.29 is 0 Å². The van der Waals surface area contributed by atoms with Crippen molar-refractivity contribution in [3.8, 4) is 44.9 Å². The Kier molecular flexibility index (Phi) is 6.10. The highest BCUT2D eigenvalue weighted by molar-refractivity contribution is 6.24. The minimum absolute atomic E-state index is 0.907. The molecule has 0 radical (unpaired) electrons. The molecule has 0 amide bonds. The van der Waals surface area contributed by atoms with Crippen LogP contribution in [0.5, 0.6) is 0 Å². The fourth-order valence-corrected chi connectivity index (χ4v) is 6.49. The number of benzene rings is 5. The summed E-state index contributed by atoms with van der Waals surface area (Å²) in [5, 5.41) is 5.45. The van der Waals surface area contributed by atoms with Crippen molar-refractivity contribution in [2.75, 3.05) is 0 Å². The lowest BCUT2D eigenvalue weighted by Crippen LogP contribution is -1.94. The van der Waals surface area contributed by atoms with Crippen molar-refractivity contribution in [3.05, 3.63) is 158 Å². The third kappa shape index (κ3) is 4.39. The lowest BCUT2D eigenvalue weighted by atomic mass is 9.95. The lowest BCUT2D eigenvalue weighted by Gasteiger charge is -2.14. The molecule has 9 rings (SSSR count). The van der Waals surface area contributed by atoms with Gasteiger partial charge in [-0.05, 0) is 35.4 Å². The van der Waals surface area contributed by atoms with Crippen molar-refractivity contribution in [2.45, 2.75) is 0 Å². The molecule has 0 bridgehead atoms. The SMILES string of the molecule is c1ccc(-c2cc(-c3ccc(-c4nc5ccccc5c5c4cnc4c5ccc5cccnc54)cc3)cc(-c3ccccc3)n2)cc1. The number of pyridine rings is 4. The molecule has 9 aromatic rings. The molecule has 46 heavy (non-hydrogen) atoms. The quantitative estimate of drug-likeness (QED) is 0.193. The van der Waals surface area contributed by atoms with Crippen LogP contribution in [0.4, 0.5) is 0 Å².